The zero-order valence-electron chi connectivity index (χ0n) is 23.9. The number of amides is 2. The molecule has 3 aliphatic rings. The van der Waals surface area contributed by atoms with Gasteiger partial charge < -0.3 is 84.2 Å². The van der Waals surface area contributed by atoms with Gasteiger partial charge >= 0.3 is 6.03 Å². The molecule has 3 rings (SSSR count). The van der Waals surface area contributed by atoms with Gasteiger partial charge in [-0.25, -0.2) is 9.86 Å². The van der Waals surface area contributed by atoms with Crippen molar-refractivity contribution in [1.82, 2.24) is 15.7 Å². The molecule has 1 aliphatic carbocycles. The minimum absolute atomic E-state index is 0.0150. The number of hydroxylamine groups is 2. The maximum atomic E-state index is 12.7. The largest absolute Gasteiger partial charge is 0.395 e. The Hall–Kier alpha value is -1.37. The van der Waals surface area contributed by atoms with Gasteiger partial charge in [-0.15, -0.1) is 0 Å². The lowest BCUT2D eigenvalue weighted by Crippen LogP contribution is -2.70. The lowest BCUT2D eigenvalue weighted by Gasteiger charge is -2.51. The van der Waals surface area contributed by atoms with Gasteiger partial charge in [-0.2, -0.15) is 0 Å². The van der Waals surface area contributed by atoms with Crippen molar-refractivity contribution in [2.75, 3.05) is 39.4 Å². The number of aliphatic hydroxyl groups excluding tert-OH is 6. The molecular formula is C24H50N8O11. The van der Waals surface area contributed by atoms with E-state index in [2.05, 4.69) is 10.6 Å². The number of rotatable bonds is 12. The summed E-state index contributed by atoms with van der Waals surface area (Å²) >= 11 is 0. The first-order valence-electron chi connectivity index (χ1n) is 14.4. The van der Waals surface area contributed by atoms with Crippen LogP contribution in [0.1, 0.15) is 12.8 Å². The highest BCUT2D eigenvalue weighted by Gasteiger charge is 2.53. The molecule has 2 unspecified atom stereocenters. The fraction of sp³-hybridized carbons (Fsp3) is 0.958. The summed E-state index contributed by atoms with van der Waals surface area (Å²) in [6, 6.07) is -5.39. The third-order valence-electron chi connectivity index (χ3n) is 8.32. The fourth-order valence-electron chi connectivity index (χ4n) is 5.88. The fourth-order valence-corrected chi connectivity index (χ4v) is 5.88. The molecule has 0 radical (unpaired) electrons. The van der Waals surface area contributed by atoms with E-state index in [9.17, 15) is 35.5 Å². The molecule has 2 saturated heterocycles. The SMILES string of the molecule is NCCN(O)C(=O)N[C@@H]1C[C@H](N)C([C@H]2O[C@H](CNCC(N)CO)[C@@H](O)C[C@H]2N)[C@H](O)[C@H]1O[C@H]1O[C@H](CO)[C@@H](O)[C@H](N)[C@H]1O. The molecule has 252 valence electrons. The number of hydrogen-bond acceptors (Lipinski definition) is 17. The second-order valence-corrected chi connectivity index (χ2v) is 11.5. The zero-order chi connectivity index (χ0) is 32.0. The summed E-state index contributed by atoms with van der Waals surface area (Å²) < 4.78 is 17.7. The van der Waals surface area contributed by atoms with E-state index in [0.29, 0.717) is 5.06 Å². The zero-order valence-corrected chi connectivity index (χ0v) is 23.9. The van der Waals surface area contributed by atoms with Gasteiger partial charge in [-0.1, -0.05) is 0 Å². The maximum absolute atomic E-state index is 12.7. The molecule has 2 amide bonds. The quantitative estimate of drug-likeness (QED) is 0.0706. The number of aliphatic hydroxyl groups is 6. The number of nitrogens with one attached hydrogen (secondary N) is 2. The molecule has 2 heterocycles. The van der Waals surface area contributed by atoms with E-state index >= 15 is 0 Å². The van der Waals surface area contributed by atoms with E-state index in [-0.39, 0.29) is 45.6 Å². The monoisotopic (exact) mass is 626 g/mol. The van der Waals surface area contributed by atoms with Gasteiger partial charge in [0.1, 0.15) is 24.4 Å². The van der Waals surface area contributed by atoms with Gasteiger partial charge in [0.15, 0.2) is 6.29 Å². The summed E-state index contributed by atoms with van der Waals surface area (Å²) in [6.45, 7) is -0.695. The second kappa shape index (κ2) is 16.3. The molecule has 3 fully saturated rings. The average molecular weight is 627 g/mol. The van der Waals surface area contributed by atoms with Crippen molar-refractivity contribution in [2.24, 2.45) is 34.6 Å². The van der Waals surface area contributed by atoms with Gasteiger partial charge in [0.25, 0.3) is 0 Å². The van der Waals surface area contributed by atoms with Gasteiger partial charge in [-0.05, 0) is 12.8 Å². The molecule has 19 N–H and O–H groups in total. The molecule has 43 heavy (non-hydrogen) atoms. The summed E-state index contributed by atoms with van der Waals surface area (Å²) in [5.74, 6) is -0.911. The normalized spacial score (nSPS) is 42.8. The molecular weight excluding hydrogens is 576 g/mol. The van der Waals surface area contributed by atoms with Crippen LogP contribution in [0.25, 0.3) is 0 Å². The number of carbonyl (C=O) groups is 1. The van der Waals surface area contributed by atoms with Crippen molar-refractivity contribution in [1.29, 1.82) is 0 Å². The molecule has 2 aliphatic heterocycles. The predicted molar refractivity (Wildman–Crippen MR) is 148 cm³/mol. The number of nitrogens with two attached hydrogens (primary N) is 5. The summed E-state index contributed by atoms with van der Waals surface area (Å²) in [7, 11) is 0. The lowest BCUT2D eigenvalue weighted by atomic mass is 9.72. The van der Waals surface area contributed by atoms with Crippen LogP contribution >= 0.6 is 0 Å². The summed E-state index contributed by atoms with van der Waals surface area (Å²) in [6.07, 6.45) is -11.1. The first-order valence-corrected chi connectivity index (χ1v) is 14.4. The van der Waals surface area contributed by atoms with Crippen LogP contribution < -0.4 is 39.3 Å². The Bertz CT molecular complexity index is 868. The van der Waals surface area contributed by atoms with E-state index in [1.165, 1.54) is 0 Å². The number of nitrogens with zero attached hydrogens (tertiary/aromatic N) is 1. The number of ether oxygens (including phenoxy) is 3. The Kier molecular flexibility index (Phi) is 13.7. The van der Waals surface area contributed by atoms with Gasteiger partial charge in [0, 0.05) is 43.7 Å². The van der Waals surface area contributed by atoms with Crippen molar-refractivity contribution >= 4 is 6.03 Å². The van der Waals surface area contributed by atoms with E-state index in [1.807, 2.05) is 0 Å². The minimum atomic E-state index is -1.59. The number of hydrogen-bond donors (Lipinski definition) is 14. The average Bonchev–Trinajstić information content (AvgIpc) is 2.96. The number of carbonyl (C=O) groups excluding carboxylic acids is 1. The standard InChI is InChI=1S/C24H50N8O11/c25-1-2-32(40)24(39)31-12-3-10(27)16(21-11(28)4-13(35)14(41-21)6-30-5-9(26)7-33)19(37)22(12)43-23-20(38)17(29)18(36)15(8-34)42-23/h9-23,30,33-38,40H,1-8,25-29H2,(H,31,39)/t9?,10-,11+,12+,13-,14+,15+,16?,17-,18+,19-,20+,21-,22-,23+/m0/s1. The molecule has 0 aromatic rings. The molecule has 1 saturated carbocycles. The van der Waals surface area contributed by atoms with Crippen LogP contribution in [0.3, 0.4) is 0 Å². The highest BCUT2D eigenvalue weighted by Crippen LogP contribution is 2.36. The van der Waals surface area contributed by atoms with E-state index in [0.717, 1.165) is 0 Å². The van der Waals surface area contributed by atoms with Crippen molar-refractivity contribution in [3.63, 3.8) is 0 Å². The van der Waals surface area contributed by atoms with Crippen LogP contribution in [0.5, 0.6) is 0 Å². The smallest absolute Gasteiger partial charge is 0.341 e. The first-order chi connectivity index (χ1) is 20.3. The van der Waals surface area contributed by atoms with Crippen LogP contribution in [-0.2, 0) is 14.2 Å². The third-order valence-corrected chi connectivity index (χ3v) is 8.32. The Morgan fingerprint density at radius 1 is 1.00 bits per heavy atom. The minimum Gasteiger partial charge on any atom is -0.395 e. The Balaban J connectivity index is 1.85. The van der Waals surface area contributed by atoms with Crippen LogP contribution in [0.4, 0.5) is 4.79 Å². The van der Waals surface area contributed by atoms with Gasteiger partial charge in [-0.3, -0.25) is 5.21 Å². The van der Waals surface area contributed by atoms with Crippen molar-refractivity contribution in [3.05, 3.63) is 0 Å². The molecule has 15 atom stereocenters. The van der Waals surface area contributed by atoms with E-state index in [1.54, 1.807) is 0 Å². The molecule has 0 bridgehead atoms. The van der Waals surface area contributed by atoms with Crippen LogP contribution in [0.15, 0.2) is 0 Å². The topological polar surface area (TPSA) is 344 Å². The molecule has 0 aromatic carbocycles. The Morgan fingerprint density at radius 3 is 2.33 bits per heavy atom. The van der Waals surface area contributed by atoms with Crippen LogP contribution in [-0.4, -0.2) is 172 Å². The molecule has 19 nitrogen and oxygen atoms in total. The molecule has 0 aromatic heterocycles. The van der Waals surface area contributed by atoms with Crippen molar-refractivity contribution in [2.45, 2.75) is 98.2 Å². The Morgan fingerprint density at radius 2 is 1.70 bits per heavy atom. The van der Waals surface area contributed by atoms with Crippen molar-refractivity contribution in [3.8, 4) is 0 Å². The third kappa shape index (κ3) is 8.67. The first kappa shape index (κ1) is 36.1. The summed E-state index contributed by atoms with van der Waals surface area (Å²) in [5, 5.41) is 78.0. The second-order valence-electron chi connectivity index (χ2n) is 11.5. The summed E-state index contributed by atoms with van der Waals surface area (Å²) in [4.78, 5) is 12.7. The molecule has 0 spiro atoms. The van der Waals surface area contributed by atoms with Gasteiger partial charge in [0.05, 0.1) is 56.3 Å². The number of urea groups is 1. The molecule has 19 heteroatoms. The highest BCUT2D eigenvalue weighted by atomic mass is 16.7. The van der Waals surface area contributed by atoms with E-state index in [4.69, 9.17) is 48.0 Å². The van der Waals surface area contributed by atoms with Gasteiger partial charge in [0.2, 0.25) is 0 Å². The van der Waals surface area contributed by atoms with Crippen LogP contribution in [0.2, 0.25) is 0 Å². The van der Waals surface area contributed by atoms with Crippen molar-refractivity contribution < 1.29 is 54.9 Å². The maximum Gasteiger partial charge on any atom is 0.341 e. The van der Waals surface area contributed by atoms with E-state index < -0.39 is 104 Å². The predicted octanol–water partition coefficient (Wildman–Crippen LogP) is -7.67. The van der Waals surface area contributed by atoms with Crippen LogP contribution in [0, 0.1) is 5.92 Å². The highest BCUT2D eigenvalue weighted by molar-refractivity contribution is 5.73. The summed E-state index contributed by atoms with van der Waals surface area (Å²) in [5.41, 5.74) is 30.0. The Labute approximate surface area is 249 Å². The lowest BCUT2D eigenvalue weighted by molar-refractivity contribution is -0.306.